The summed E-state index contributed by atoms with van der Waals surface area (Å²) in [6.07, 6.45) is 0. The molecule has 0 spiro atoms. The highest BCUT2D eigenvalue weighted by Gasteiger charge is 2.23. The third kappa shape index (κ3) is 1.91. The Hall–Kier alpha value is -2.42. The number of hydrogen-bond donors (Lipinski definition) is 1. The Morgan fingerprint density at radius 3 is 2.60 bits per heavy atom. The van der Waals surface area contributed by atoms with Crippen molar-refractivity contribution < 1.29 is 9.72 Å². The normalized spacial score (nSPS) is 9.33. The fourth-order valence-corrected chi connectivity index (χ4v) is 1.21. The number of nitriles is 1. The summed E-state index contributed by atoms with van der Waals surface area (Å²) in [6.45, 7) is 1.18. The third-order valence-corrected chi connectivity index (χ3v) is 1.81. The minimum absolute atomic E-state index is 0.142. The van der Waals surface area contributed by atoms with E-state index in [0.717, 1.165) is 0 Å². The molecule has 0 bridgehead atoms. The van der Waals surface area contributed by atoms with E-state index in [-0.39, 0.29) is 16.8 Å². The molecule has 0 heterocycles. The van der Waals surface area contributed by atoms with Gasteiger partial charge in [0.25, 0.3) is 5.69 Å². The van der Waals surface area contributed by atoms with Gasteiger partial charge in [-0.15, -0.1) is 0 Å². The number of nitrogens with zero attached hydrogens (tertiary/aromatic N) is 2. The van der Waals surface area contributed by atoms with Crippen LogP contribution < -0.4 is 5.73 Å². The van der Waals surface area contributed by atoms with Crippen LogP contribution in [0.2, 0.25) is 0 Å². The zero-order valence-corrected chi connectivity index (χ0v) is 7.85. The summed E-state index contributed by atoms with van der Waals surface area (Å²) < 4.78 is 0. The molecule has 0 aromatic heterocycles. The molecule has 0 saturated heterocycles. The molecule has 0 atom stereocenters. The van der Waals surface area contributed by atoms with E-state index in [9.17, 15) is 14.9 Å². The topological polar surface area (TPSA) is 110 Å². The van der Waals surface area contributed by atoms with Gasteiger partial charge in [0.1, 0.15) is 11.6 Å². The van der Waals surface area contributed by atoms with E-state index in [2.05, 4.69) is 0 Å². The van der Waals surface area contributed by atoms with Crippen molar-refractivity contribution in [3.05, 3.63) is 33.4 Å². The molecule has 0 fully saturated rings. The highest BCUT2D eigenvalue weighted by molar-refractivity contribution is 6.00. The number of nitro benzene ring substituents is 1. The maximum Gasteiger partial charge on any atom is 0.297 e. The van der Waals surface area contributed by atoms with Gasteiger partial charge < -0.3 is 5.73 Å². The van der Waals surface area contributed by atoms with Crippen molar-refractivity contribution >= 4 is 17.2 Å². The molecule has 0 radical (unpaired) electrons. The summed E-state index contributed by atoms with van der Waals surface area (Å²) in [5.74, 6) is -0.495. The van der Waals surface area contributed by atoms with Crippen LogP contribution in [-0.4, -0.2) is 10.7 Å². The van der Waals surface area contributed by atoms with E-state index in [1.165, 1.54) is 19.1 Å². The molecule has 1 aromatic rings. The highest BCUT2D eigenvalue weighted by Crippen LogP contribution is 2.26. The monoisotopic (exact) mass is 205 g/mol. The second-order valence-corrected chi connectivity index (χ2v) is 2.89. The molecule has 0 amide bonds. The molecule has 0 unspecified atom stereocenters. The fraction of sp³-hybridized carbons (Fsp3) is 0.111. The van der Waals surface area contributed by atoms with Crippen LogP contribution in [0, 0.1) is 21.4 Å². The summed E-state index contributed by atoms with van der Waals surface area (Å²) in [5, 5.41) is 19.4. The van der Waals surface area contributed by atoms with Gasteiger partial charge in [-0.1, -0.05) is 0 Å². The number of carbonyl (C=O) groups excluding carboxylic acids is 1. The van der Waals surface area contributed by atoms with Crippen molar-refractivity contribution in [2.45, 2.75) is 6.92 Å². The van der Waals surface area contributed by atoms with Gasteiger partial charge in [-0.25, -0.2) is 0 Å². The lowest BCUT2D eigenvalue weighted by Gasteiger charge is -2.02. The molecule has 6 nitrogen and oxygen atoms in total. The number of rotatable bonds is 2. The predicted octanol–water partition coefficient (Wildman–Crippen LogP) is 1.25. The maximum atomic E-state index is 11.1. The second-order valence-electron chi connectivity index (χ2n) is 2.89. The quantitative estimate of drug-likeness (QED) is 0.338. The minimum Gasteiger partial charge on any atom is -0.399 e. The number of nitro groups is 1. The van der Waals surface area contributed by atoms with Gasteiger partial charge in [-0.2, -0.15) is 5.26 Å². The molecule has 15 heavy (non-hydrogen) atoms. The molecule has 76 valence electrons. The lowest BCUT2D eigenvalue weighted by Crippen LogP contribution is -2.04. The van der Waals surface area contributed by atoms with E-state index >= 15 is 0 Å². The van der Waals surface area contributed by atoms with Crippen LogP contribution in [0.3, 0.4) is 0 Å². The predicted molar refractivity (Wildman–Crippen MR) is 52.2 cm³/mol. The van der Waals surface area contributed by atoms with Crippen molar-refractivity contribution in [2.75, 3.05) is 5.73 Å². The van der Waals surface area contributed by atoms with Gasteiger partial charge in [-0.3, -0.25) is 14.9 Å². The van der Waals surface area contributed by atoms with Crippen molar-refractivity contribution in [1.29, 1.82) is 5.26 Å². The molecular weight excluding hydrogens is 198 g/mol. The van der Waals surface area contributed by atoms with Gasteiger partial charge in [-0.05, 0) is 19.1 Å². The Morgan fingerprint density at radius 1 is 1.60 bits per heavy atom. The number of nitrogens with two attached hydrogens (primary N) is 1. The molecule has 1 aromatic carbocycles. The Labute approximate surface area is 85.1 Å². The molecule has 0 aliphatic carbocycles. The summed E-state index contributed by atoms with van der Waals surface area (Å²) in [7, 11) is 0. The SMILES string of the molecule is CC(=O)c1cc(N)cc(C#N)c1[N+](=O)[O-]. The molecule has 0 saturated carbocycles. The van der Waals surface area contributed by atoms with Crippen molar-refractivity contribution in [1.82, 2.24) is 0 Å². The van der Waals surface area contributed by atoms with Crippen molar-refractivity contribution in [3.8, 4) is 6.07 Å². The van der Waals surface area contributed by atoms with Gasteiger partial charge in [0.15, 0.2) is 5.78 Å². The fourth-order valence-electron chi connectivity index (χ4n) is 1.21. The minimum atomic E-state index is -0.755. The lowest BCUT2D eigenvalue weighted by molar-refractivity contribution is -0.385. The van der Waals surface area contributed by atoms with Crippen LogP contribution >= 0.6 is 0 Å². The van der Waals surface area contributed by atoms with Gasteiger partial charge in [0, 0.05) is 5.69 Å². The third-order valence-electron chi connectivity index (χ3n) is 1.81. The van der Waals surface area contributed by atoms with Gasteiger partial charge in [0.2, 0.25) is 0 Å². The standard InChI is InChI=1S/C9H7N3O3/c1-5(13)8-3-7(11)2-6(4-10)9(8)12(14)15/h2-3H,11H2,1H3. The maximum absolute atomic E-state index is 11.1. The Morgan fingerprint density at radius 2 is 2.20 bits per heavy atom. The first-order valence-electron chi connectivity index (χ1n) is 3.96. The average Bonchev–Trinajstić information content (AvgIpc) is 2.15. The molecule has 0 aliphatic heterocycles. The summed E-state index contributed by atoms with van der Waals surface area (Å²) >= 11 is 0. The van der Waals surface area contributed by atoms with E-state index < -0.39 is 16.4 Å². The van der Waals surface area contributed by atoms with Crippen LogP contribution in [0.25, 0.3) is 0 Å². The highest BCUT2D eigenvalue weighted by atomic mass is 16.6. The van der Waals surface area contributed by atoms with Crippen LogP contribution in [-0.2, 0) is 0 Å². The number of Topliss-reactive ketones (excluding diaryl/α,β-unsaturated/α-hetero) is 1. The zero-order valence-electron chi connectivity index (χ0n) is 7.85. The van der Waals surface area contributed by atoms with Gasteiger partial charge >= 0.3 is 0 Å². The molecule has 1 rings (SSSR count). The van der Waals surface area contributed by atoms with Crippen LogP contribution in [0.4, 0.5) is 11.4 Å². The van der Waals surface area contributed by atoms with Crippen LogP contribution in [0.1, 0.15) is 22.8 Å². The largest absolute Gasteiger partial charge is 0.399 e. The molecule has 2 N–H and O–H groups in total. The number of carbonyl (C=O) groups is 1. The van der Waals surface area contributed by atoms with E-state index in [0.29, 0.717) is 0 Å². The van der Waals surface area contributed by atoms with Crippen molar-refractivity contribution in [2.24, 2.45) is 0 Å². The smallest absolute Gasteiger partial charge is 0.297 e. The molecular formula is C9H7N3O3. The zero-order chi connectivity index (χ0) is 11.6. The molecule has 0 aliphatic rings. The number of anilines is 1. The second kappa shape index (κ2) is 3.75. The van der Waals surface area contributed by atoms with E-state index in [1.807, 2.05) is 0 Å². The van der Waals surface area contributed by atoms with Crippen LogP contribution in [0.5, 0.6) is 0 Å². The summed E-state index contributed by atoms with van der Waals surface area (Å²) in [6, 6.07) is 4.01. The first-order valence-corrected chi connectivity index (χ1v) is 3.96. The summed E-state index contributed by atoms with van der Waals surface area (Å²) in [4.78, 5) is 21.0. The Kier molecular flexibility index (Phi) is 2.67. The van der Waals surface area contributed by atoms with Crippen LogP contribution in [0.15, 0.2) is 12.1 Å². The number of hydrogen-bond acceptors (Lipinski definition) is 5. The first kappa shape index (κ1) is 10.7. The van der Waals surface area contributed by atoms with Gasteiger partial charge in [0.05, 0.1) is 10.5 Å². The van der Waals surface area contributed by atoms with Crippen molar-refractivity contribution in [3.63, 3.8) is 0 Å². The Bertz CT molecular complexity index is 488. The lowest BCUT2D eigenvalue weighted by atomic mass is 10.0. The molecule has 6 heteroatoms. The van der Waals surface area contributed by atoms with E-state index in [1.54, 1.807) is 6.07 Å². The average molecular weight is 205 g/mol. The summed E-state index contributed by atoms with van der Waals surface area (Å²) in [5.41, 5.74) is 4.74. The Balaban J connectivity index is 3.64. The number of nitrogen functional groups attached to an aromatic ring is 1. The van der Waals surface area contributed by atoms with E-state index in [4.69, 9.17) is 11.0 Å². The number of ketones is 1. The number of benzene rings is 1. The first-order chi connectivity index (χ1) is 6.97.